The van der Waals surface area contributed by atoms with Crippen molar-refractivity contribution in [2.75, 3.05) is 73.6 Å². The summed E-state index contributed by atoms with van der Waals surface area (Å²) in [7, 11) is 1.69. The van der Waals surface area contributed by atoms with Gasteiger partial charge in [0, 0.05) is 62.4 Å². The molecule has 0 spiro atoms. The van der Waals surface area contributed by atoms with Crippen LogP contribution in [0, 0.1) is 0 Å². The van der Waals surface area contributed by atoms with Gasteiger partial charge in [-0.3, -0.25) is 4.90 Å². The van der Waals surface area contributed by atoms with Crippen LogP contribution < -0.4 is 19.4 Å². The van der Waals surface area contributed by atoms with Crippen LogP contribution in [-0.2, 0) is 0 Å². The predicted molar refractivity (Wildman–Crippen MR) is 138 cm³/mol. The van der Waals surface area contributed by atoms with Gasteiger partial charge in [-0.2, -0.15) is 11.8 Å². The lowest BCUT2D eigenvalue weighted by Gasteiger charge is -2.37. The van der Waals surface area contributed by atoms with Gasteiger partial charge in [-0.05, 0) is 74.9 Å². The lowest BCUT2D eigenvalue weighted by Crippen LogP contribution is -2.46. The number of thioether (sulfide) groups is 1. The van der Waals surface area contributed by atoms with Crippen LogP contribution in [0.4, 0.5) is 21.9 Å². The summed E-state index contributed by atoms with van der Waals surface area (Å²) in [5.74, 6) is 0.889. The number of hydrogen-bond acceptors (Lipinski definition) is 5. The number of piperazine rings is 1. The van der Waals surface area contributed by atoms with E-state index in [9.17, 15) is 4.79 Å². The second-order valence-corrected chi connectivity index (χ2v) is 9.13. The highest BCUT2D eigenvalue weighted by atomic mass is 32.2. The third kappa shape index (κ3) is 5.63. The normalized spacial score (nSPS) is 16.4. The summed E-state index contributed by atoms with van der Waals surface area (Å²) < 4.78 is 5.25. The van der Waals surface area contributed by atoms with Crippen molar-refractivity contribution < 1.29 is 9.53 Å². The van der Waals surface area contributed by atoms with E-state index in [-0.39, 0.29) is 12.1 Å². The molecule has 174 valence electrons. The zero-order chi connectivity index (χ0) is 23.1. The molecule has 0 bridgehead atoms. The monoisotopic (exact) mass is 456 g/mol. The number of hydrogen-bond donors (Lipinski definition) is 0. The number of urea groups is 1. The molecule has 2 aliphatic heterocycles. The first-order valence-electron chi connectivity index (χ1n) is 11.2. The van der Waals surface area contributed by atoms with E-state index in [1.165, 1.54) is 11.4 Å². The second kappa shape index (κ2) is 11.4. The van der Waals surface area contributed by atoms with Gasteiger partial charge < -0.3 is 19.4 Å². The van der Waals surface area contributed by atoms with Gasteiger partial charge in [0.2, 0.25) is 0 Å². The summed E-state index contributed by atoms with van der Waals surface area (Å²) in [6, 6.07) is 17.1. The molecule has 0 radical (unpaired) electrons. The van der Waals surface area contributed by atoms with Crippen molar-refractivity contribution in [2.24, 2.45) is 0 Å². The number of carbonyl (C=O) groups excluding carboxylic acids is 1. The molecule has 0 unspecified atom stereocenters. The van der Waals surface area contributed by atoms with Crippen LogP contribution in [0.25, 0.3) is 0 Å². The average molecular weight is 457 g/mol. The number of amides is 2. The zero-order valence-electron chi connectivity index (χ0n) is 20.0. The molecule has 6 nitrogen and oxygen atoms in total. The molecule has 2 aliphatic rings. The highest BCUT2D eigenvalue weighted by Crippen LogP contribution is 2.27. The minimum Gasteiger partial charge on any atom is -0.497 e. The van der Waals surface area contributed by atoms with Gasteiger partial charge in [0.15, 0.2) is 0 Å². The van der Waals surface area contributed by atoms with E-state index in [0.717, 1.165) is 50.7 Å². The Kier molecular flexibility index (Phi) is 8.56. The fourth-order valence-electron chi connectivity index (χ4n) is 4.13. The van der Waals surface area contributed by atoms with Gasteiger partial charge in [0.05, 0.1) is 7.11 Å². The molecule has 2 amide bonds. The number of nitrogens with zero attached hydrogens (tertiary/aromatic N) is 4. The van der Waals surface area contributed by atoms with Crippen molar-refractivity contribution in [3.8, 4) is 5.75 Å². The Bertz CT molecular complexity index is 849. The molecule has 2 fully saturated rings. The third-order valence-corrected chi connectivity index (χ3v) is 5.91. The van der Waals surface area contributed by atoms with Crippen molar-refractivity contribution in [3.05, 3.63) is 48.5 Å². The van der Waals surface area contributed by atoms with Gasteiger partial charge in [-0.25, -0.2) is 4.79 Å². The minimum absolute atomic E-state index is 0.112. The fourth-order valence-corrected chi connectivity index (χ4v) is 4.13. The van der Waals surface area contributed by atoms with Crippen LogP contribution >= 0.6 is 11.8 Å². The van der Waals surface area contributed by atoms with Crippen molar-refractivity contribution in [3.63, 3.8) is 0 Å². The third-order valence-electron chi connectivity index (χ3n) is 5.91. The maximum absolute atomic E-state index is 12.6. The van der Waals surface area contributed by atoms with Crippen LogP contribution in [0.5, 0.6) is 5.75 Å². The molecule has 2 aromatic rings. The Labute approximate surface area is 197 Å². The molecule has 0 aliphatic carbocycles. The highest BCUT2D eigenvalue weighted by molar-refractivity contribution is 7.97. The molecule has 0 aromatic heterocycles. The molecule has 0 N–H and O–H groups in total. The summed E-state index contributed by atoms with van der Waals surface area (Å²) in [6.07, 6.45) is 4.08. The molecule has 32 heavy (non-hydrogen) atoms. The smallest absolute Gasteiger partial charge is 0.324 e. The maximum atomic E-state index is 12.6. The van der Waals surface area contributed by atoms with E-state index in [4.69, 9.17) is 4.74 Å². The van der Waals surface area contributed by atoms with E-state index in [0.29, 0.717) is 0 Å². The van der Waals surface area contributed by atoms with Gasteiger partial charge in [-0.15, -0.1) is 0 Å². The lowest BCUT2D eigenvalue weighted by atomic mass is 10.2. The summed E-state index contributed by atoms with van der Waals surface area (Å²) >= 11 is 1.75. The maximum Gasteiger partial charge on any atom is 0.324 e. The lowest BCUT2D eigenvalue weighted by molar-refractivity contribution is 0.209. The Balaban J connectivity index is 0.000000913. The molecule has 2 saturated heterocycles. The number of benzene rings is 2. The molecule has 4 rings (SSSR count). The molecule has 0 saturated carbocycles. The van der Waals surface area contributed by atoms with Crippen molar-refractivity contribution in [1.82, 2.24) is 4.90 Å². The molecular weight excluding hydrogens is 420 g/mol. The van der Waals surface area contributed by atoms with Gasteiger partial charge in [0.1, 0.15) is 5.75 Å². The standard InChI is InChI=1S/C23H30N4O2.C2H6S/c1-18(2)26-16-17-27(23(26)28)21-6-4-19(5-7-21)24-12-14-25(15-13-24)20-8-10-22(29-3)11-9-20;1-3-2/h4-11,18H,12-17H2,1-3H3;1-2H3. The van der Waals surface area contributed by atoms with E-state index in [1.54, 1.807) is 18.9 Å². The van der Waals surface area contributed by atoms with Gasteiger partial charge in [-0.1, -0.05) is 0 Å². The van der Waals surface area contributed by atoms with Gasteiger partial charge in [0.25, 0.3) is 0 Å². The Hall–Kier alpha value is -2.54. The van der Waals surface area contributed by atoms with E-state index in [1.807, 2.05) is 34.4 Å². The first-order valence-corrected chi connectivity index (χ1v) is 12.8. The first-order chi connectivity index (χ1) is 15.5. The molecule has 0 atom stereocenters. The summed E-state index contributed by atoms with van der Waals surface area (Å²) in [4.78, 5) is 21.2. The Morgan fingerprint density at radius 1 is 0.750 bits per heavy atom. The van der Waals surface area contributed by atoms with Crippen LogP contribution in [0.2, 0.25) is 0 Å². The second-order valence-electron chi connectivity index (χ2n) is 8.32. The summed E-state index contributed by atoms with van der Waals surface area (Å²) in [5.41, 5.74) is 3.44. The van der Waals surface area contributed by atoms with Crippen LogP contribution in [-0.4, -0.2) is 75.9 Å². The fraction of sp³-hybridized carbons (Fsp3) is 0.480. The SMILES string of the molecule is COc1ccc(N2CCN(c3ccc(N4CCN(C(C)C)C4=O)cc3)CC2)cc1.CSC. The quantitative estimate of drug-likeness (QED) is 0.655. The largest absolute Gasteiger partial charge is 0.497 e. The summed E-state index contributed by atoms with van der Waals surface area (Å²) in [6.45, 7) is 9.63. The topological polar surface area (TPSA) is 39.3 Å². The molecule has 7 heteroatoms. The van der Waals surface area contributed by atoms with Crippen LogP contribution in [0.1, 0.15) is 13.8 Å². The predicted octanol–water partition coefficient (Wildman–Crippen LogP) is 4.65. The summed E-state index contributed by atoms with van der Waals surface area (Å²) in [5, 5.41) is 0. The Morgan fingerprint density at radius 3 is 1.59 bits per heavy atom. The van der Waals surface area contributed by atoms with E-state index < -0.39 is 0 Å². The zero-order valence-corrected chi connectivity index (χ0v) is 20.8. The molecule has 2 heterocycles. The number of ether oxygens (including phenoxy) is 1. The molecule has 2 aromatic carbocycles. The molecular formula is C25H36N4O2S. The van der Waals surface area contributed by atoms with Crippen molar-refractivity contribution in [1.29, 1.82) is 0 Å². The van der Waals surface area contributed by atoms with Gasteiger partial charge >= 0.3 is 6.03 Å². The minimum atomic E-state index is 0.112. The number of carbonyl (C=O) groups is 1. The number of anilines is 3. The van der Waals surface area contributed by atoms with Crippen molar-refractivity contribution in [2.45, 2.75) is 19.9 Å². The Morgan fingerprint density at radius 2 is 1.19 bits per heavy atom. The van der Waals surface area contributed by atoms with Crippen LogP contribution in [0.3, 0.4) is 0 Å². The highest BCUT2D eigenvalue weighted by Gasteiger charge is 2.31. The first kappa shape index (κ1) is 24.1. The van der Waals surface area contributed by atoms with E-state index in [2.05, 4.69) is 60.0 Å². The van der Waals surface area contributed by atoms with E-state index >= 15 is 0 Å². The average Bonchev–Trinajstić information content (AvgIpc) is 3.21. The van der Waals surface area contributed by atoms with Crippen molar-refractivity contribution >= 4 is 34.9 Å². The van der Waals surface area contributed by atoms with Crippen LogP contribution in [0.15, 0.2) is 48.5 Å². The number of methoxy groups -OCH3 is 1. The number of rotatable bonds is 5.